The first-order valence-corrected chi connectivity index (χ1v) is 8.01. The lowest BCUT2D eigenvalue weighted by Crippen LogP contribution is -2.34. The van der Waals surface area contributed by atoms with Gasteiger partial charge >= 0.3 is 5.97 Å². The van der Waals surface area contributed by atoms with Crippen LogP contribution in [-0.2, 0) is 9.53 Å². The molecule has 1 fully saturated rings. The first kappa shape index (κ1) is 16.2. The van der Waals surface area contributed by atoms with Crippen molar-refractivity contribution in [1.29, 1.82) is 0 Å². The Bertz CT molecular complexity index is 775. The Labute approximate surface area is 140 Å². The lowest BCUT2D eigenvalue weighted by atomic mass is 9.98. The molecule has 0 unspecified atom stereocenters. The fourth-order valence-corrected chi connectivity index (χ4v) is 3.05. The van der Waals surface area contributed by atoms with Crippen molar-refractivity contribution in [1.82, 2.24) is 10.3 Å². The number of ether oxygens (including phenoxy) is 2. The van der Waals surface area contributed by atoms with Crippen LogP contribution in [0.2, 0.25) is 0 Å². The van der Waals surface area contributed by atoms with E-state index in [1.54, 1.807) is 24.4 Å². The predicted molar refractivity (Wildman–Crippen MR) is 88.9 cm³/mol. The number of esters is 1. The van der Waals surface area contributed by atoms with E-state index in [4.69, 9.17) is 9.47 Å². The van der Waals surface area contributed by atoms with E-state index >= 15 is 0 Å². The normalized spacial score (nSPS) is 20.0. The number of methoxy groups -OCH3 is 1. The maximum Gasteiger partial charge on any atom is 0.337 e. The van der Waals surface area contributed by atoms with Gasteiger partial charge in [0.25, 0.3) is 0 Å². The van der Waals surface area contributed by atoms with E-state index in [1.807, 2.05) is 6.07 Å². The lowest BCUT2D eigenvalue weighted by molar-refractivity contribution is -0.119. The third kappa shape index (κ3) is 3.18. The molecule has 0 aliphatic carbocycles. The van der Waals surface area contributed by atoms with Crippen LogP contribution in [0.3, 0.4) is 0 Å². The van der Waals surface area contributed by atoms with Gasteiger partial charge in [0, 0.05) is 18.0 Å². The number of hydrogen-bond donors (Lipinski definition) is 1. The van der Waals surface area contributed by atoms with Gasteiger partial charge in [-0.1, -0.05) is 13.3 Å². The van der Waals surface area contributed by atoms with Crippen LogP contribution in [0, 0.1) is 5.92 Å². The Morgan fingerprint density at radius 3 is 2.96 bits per heavy atom. The zero-order chi connectivity index (χ0) is 17.1. The van der Waals surface area contributed by atoms with E-state index in [9.17, 15) is 9.59 Å². The standard InChI is InChI=1S/C18H20N2O4/c1-3-11-9-16(21)20-15(11)10-24-17-14-5-4-13(18(22)23-2)8-12(14)6-7-19-17/h4-8,11,15H,3,9-10H2,1-2H3,(H,20,21)/t11-,15-/m1/s1. The van der Waals surface area contributed by atoms with E-state index in [0.717, 1.165) is 17.2 Å². The molecule has 1 aromatic heterocycles. The van der Waals surface area contributed by atoms with Crippen LogP contribution in [0.4, 0.5) is 0 Å². The van der Waals surface area contributed by atoms with Gasteiger partial charge < -0.3 is 14.8 Å². The number of amides is 1. The van der Waals surface area contributed by atoms with Crippen molar-refractivity contribution in [2.75, 3.05) is 13.7 Å². The highest BCUT2D eigenvalue weighted by atomic mass is 16.5. The molecule has 3 rings (SSSR count). The van der Waals surface area contributed by atoms with E-state index in [1.165, 1.54) is 7.11 Å². The fraction of sp³-hybridized carbons (Fsp3) is 0.389. The minimum atomic E-state index is -0.379. The Hall–Kier alpha value is -2.63. The van der Waals surface area contributed by atoms with Crippen LogP contribution in [-0.4, -0.2) is 36.6 Å². The summed E-state index contributed by atoms with van der Waals surface area (Å²) in [4.78, 5) is 27.5. The van der Waals surface area contributed by atoms with E-state index < -0.39 is 0 Å². The number of nitrogens with zero attached hydrogens (tertiary/aromatic N) is 1. The zero-order valence-electron chi connectivity index (χ0n) is 13.7. The Kier molecular flexibility index (Phi) is 4.64. The lowest BCUT2D eigenvalue weighted by Gasteiger charge is -2.18. The maximum absolute atomic E-state index is 11.6. The van der Waals surface area contributed by atoms with Crippen LogP contribution in [0.25, 0.3) is 10.8 Å². The molecule has 0 bridgehead atoms. The van der Waals surface area contributed by atoms with Crippen molar-refractivity contribution in [2.45, 2.75) is 25.8 Å². The topological polar surface area (TPSA) is 77.5 Å². The molecule has 24 heavy (non-hydrogen) atoms. The molecule has 6 nitrogen and oxygen atoms in total. The highest BCUT2D eigenvalue weighted by Crippen LogP contribution is 2.26. The monoisotopic (exact) mass is 328 g/mol. The molecule has 2 heterocycles. The quantitative estimate of drug-likeness (QED) is 0.852. The second kappa shape index (κ2) is 6.86. The van der Waals surface area contributed by atoms with Crippen molar-refractivity contribution in [3.05, 3.63) is 36.0 Å². The van der Waals surface area contributed by atoms with E-state index in [0.29, 0.717) is 30.4 Å². The molecule has 0 spiro atoms. The molecular weight excluding hydrogens is 308 g/mol. The molecule has 6 heteroatoms. The number of rotatable bonds is 5. The van der Waals surface area contributed by atoms with Crippen LogP contribution in [0.15, 0.2) is 30.5 Å². The number of benzene rings is 1. The second-order valence-electron chi connectivity index (χ2n) is 5.90. The van der Waals surface area contributed by atoms with Crippen LogP contribution in [0.5, 0.6) is 5.88 Å². The highest BCUT2D eigenvalue weighted by molar-refractivity contribution is 5.96. The minimum Gasteiger partial charge on any atom is -0.475 e. The number of aromatic nitrogens is 1. The van der Waals surface area contributed by atoms with Crippen LogP contribution in [0.1, 0.15) is 30.1 Å². The Morgan fingerprint density at radius 1 is 1.38 bits per heavy atom. The average Bonchev–Trinajstić information content (AvgIpc) is 2.98. The van der Waals surface area contributed by atoms with Crippen molar-refractivity contribution in [3.63, 3.8) is 0 Å². The minimum absolute atomic E-state index is 0.00824. The summed E-state index contributed by atoms with van der Waals surface area (Å²) in [6.45, 7) is 2.46. The molecule has 1 aliphatic heterocycles. The summed E-state index contributed by atoms with van der Waals surface area (Å²) in [6, 6.07) is 7.07. The summed E-state index contributed by atoms with van der Waals surface area (Å²) < 4.78 is 10.6. The van der Waals surface area contributed by atoms with Crippen molar-refractivity contribution in [3.8, 4) is 5.88 Å². The van der Waals surface area contributed by atoms with Crippen molar-refractivity contribution >= 4 is 22.6 Å². The molecule has 2 atom stereocenters. The first-order chi connectivity index (χ1) is 11.6. The Balaban J connectivity index is 1.80. The Morgan fingerprint density at radius 2 is 2.21 bits per heavy atom. The molecule has 1 saturated heterocycles. The van der Waals surface area contributed by atoms with Crippen molar-refractivity contribution < 1.29 is 19.1 Å². The van der Waals surface area contributed by atoms with Gasteiger partial charge in [-0.15, -0.1) is 0 Å². The average molecular weight is 328 g/mol. The highest BCUT2D eigenvalue weighted by Gasteiger charge is 2.31. The van der Waals surface area contributed by atoms with Gasteiger partial charge in [0.05, 0.1) is 18.7 Å². The van der Waals surface area contributed by atoms with Gasteiger partial charge in [0.2, 0.25) is 11.8 Å². The van der Waals surface area contributed by atoms with Gasteiger partial charge in [0.15, 0.2) is 0 Å². The number of carbonyl (C=O) groups is 2. The first-order valence-electron chi connectivity index (χ1n) is 8.01. The molecule has 1 amide bonds. The third-order valence-corrected chi connectivity index (χ3v) is 4.44. The van der Waals surface area contributed by atoms with Crippen molar-refractivity contribution in [2.24, 2.45) is 5.92 Å². The van der Waals surface area contributed by atoms with Gasteiger partial charge in [-0.05, 0) is 35.6 Å². The smallest absolute Gasteiger partial charge is 0.337 e. The number of nitrogens with one attached hydrogen (secondary N) is 1. The van der Waals surface area contributed by atoms with Gasteiger partial charge in [-0.2, -0.15) is 0 Å². The summed E-state index contributed by atoms with van der Waals surface area (Å²) in [5.41, 5.74) is 0.483. The molecule has 0 saturated carbocycles. The molecule has 1 N–H and O–H groups in total. The fourth-order valence-electron chi connectivity index (χ4n) is 3.05. The zero-order valence-corrected chi connectivity index (χ0v) is 13.7. The molecule has 126 valence electrons. The number of hydrogen-bond acceptors (Lipinski definition) is 5. The summed E-state index contributed by atoms with van der Waals surface area (Å²) in [5.74, 6) is 0.484. The summed E-state index contributed by atoms with van der Waals surface area (Å²) in [6.07, 6.45) is 3.12. The van der Waals surface area contributed by atoms with E-state index in [-0.39, 0.29) is 17.9 Å². The van der Waals surface area contributed by atoms with Gasteiger partial charge in [-0.25, -0.2) is 9.78 Å². The van der Waals surface area contributed by atoms with Gasteiger partial charge in [0.1, 0.15) is 6.61 Å². The second-order valence-corrected chi connectivity index (χ2v) is 5.90. The maximum atomic E-state index is 11.6. The predicted octanol–water partition coefficient (Wildman–Crippen LogP) is 2.31. The largest absolute Gasteiger partial charge is 0.475 e. The van der Waals surface area contributed by atoms with Gasteiger partial charge in [-0.3, -0.25) is 4.79 Å². The number of fused-ring (bicyclic) bond motifs is 1. The summed E-state index contributed by atoms with van der Waals surface area (Å²) in [7, 11) is 1.35. The molecular formula is C18H20N2O4. The molecule has 2 aromatic rings. The SMILES string of the molecule is CC[C@@H]1CC(=O)N[C@@H]1COc1nccc2cc(C(=O)OC)ccc12. The summed E-state index contributed by atoms with van der Waals surface area (Å²) in [5, 5.41) is 4.63. The summed E-state index contributed by atoms with van der Waals surface area (Å²) >= 11 is 0. The molecule has 0 radical (unpaired) electrons. The number of pyridine rings is 1. The van der Waals surface area contributed by atoms with Crippen LogP contribution >= 0.6 is 0 Å². The van der Waals surface area contributed by atoms with E-state index in [2.05, 4.69) is 17.2 Å². The molecule has 1 aromatic carbocycles. The molecule has 1 aliphatic rings. The number of carbonyl (C=O) groups excluding carboxylic acids is 2. The third-order valence-electron chi connectivity index (χ3n) is 4.44. The van der Waals surface area contributed by atoms with Crippen LogP contribution < -0.4 is 10.1 Å².